The highest BCUT2D eigenvalue weighted by Gasteiger charge is 2.60. The number of amides is 1. The van der Waals surface area contributed by atoms with Gasteiger partial charge in [0.25, 0.3) is 0 Å². The molecule has 0 bridgehead atoms. The molecule has 0 unspecified atom stereocenters. The molecule has 2 atom stereocenters. The fourth-order valence-electron chi connectivity index (χ4n) is 3.62. The summed E-state index contributed by atoms with van der Waals surface area (Å²) in [5.41, 5.74) is 1.39. The van der Waals surface area contributed by atoms with Crippen LogP contribution in [0.5, 0.6) is 0 Å². The highest BCUT2D eigenvalue weighted by Crippen LogP contribution is 2.60. The number of hydrogen-bond acceptors (Lipinski definition) is 3. The zero-order valence-corrected chi connectivity index (χ0v) is 16.4. The summed E-state index contributed by atoms with van der Waals surface area (Å²) >= 11 is 11.6. The molecule has 138 valence electrons. The van der Waals surface area contributed by atoms with E-state index in [9.17, 15) is 4.79 Å². The molecule has 3 aromatic rings. The molecule has 0 radical (unpaired) electrons. The predicted molar refractivity (Wildman–Crippen MR) is 108 cm³/mol. The second-order valence-corrected chi connectivity index (χ2v) is 8.24. The van der Waals surface area contributed by atoms with Crippen LogP contribution in [0.15, 0.2) is 59.4 Å². The Morgan fingerprint density at radius 3 is 2.67 bits per heavy atom. The van der Waals surface area contributed by atoms with E-state index in [4.69, 9.17) is 23.2 Å². The first-order valence-electron chi connectivity index (χ1n) is 8.62. The van der Waals surface area contributed by atoms with E-state index < -0.39 is 0 Å². The van der Waals surface area contributed by atoms with E-state index in [-0.39, 0.29) is 27.6 Å². The monoisotopic (exact) mass is 400 g/mol. The number of imidazole rings is 1. The van der Waals surface area contributed by atoms with E-state index in [2.05, 4.69) is 15.3 Å². The number of hydrogen-bond donors (Lipinski definition) is 1. The van der Waals surface area contributed by atoms with Crippen LogP contribution in [0.2, 0.25) is 0 Å². The van der Waals surface area contributed by atoms with Gasteiger partial charge in [-0.05, 0) is 23.5 Å². The Bertz CT molecular complexity index is 1040. The number of benzene rings is 1. The van der Waals surface area contributed by atoms with Crippen molar-refractivity contribution < 1.29 is 4.79 Å². The summed E-state index contributed by atoms with van der Waals surface area (Å²) in [6, 6.07) is 11.5. The average Bonchev–Trinajstić information content (AvgIpc) is 2.99. The fourth-order valence-corrected chi connectivity index (χ4v) is 3.90. The average molecular weight is 401 g/mol. The molecule has 7 heteroatoms. The van der Waals surface area contributed by atoms with Gasteiger partial charge in [0.1, 0.15) is 16.0 Å². The van der Waals surface area contributed by atoms with Crippen LogP contribution >= 0.6 is 23.2 Å². The molecule has 1 fully saturated rings. The molecule has 2 aromatic heterocycles. The molecule has 5 nitrogen and oxygen atoms in total. The van der Waals surface area contributed by atoms with Gasteiger partial charge in [0.15, 0.2) is 0 Å². The molecular weight excluding hydrogens is 383 g/mol. The number of rotatable bonds is 4. The normalized spacial score (nSPS) is 20.3. The molecule has 27 heavy (non-hydrogen) atoms. The molecule has 1 amide bonds. The van der Waals surface area contributed by atoms with E-state index in [1.165, 1.54) is 0 Å². The van der Waals surface area contributed by atoms with Gasteiger partial charge < -0.3 is 5.32 Å². The minimum atomic E-state index is -0.212. The lowest BCUT2D eigenvalue weighted by Crippen LogP contribution is -2.18. The van der Waals surface area contributed by atoms with Crippen molar-refractivity contribution in [3.05, 3.63) is 59.4 Å². The first-order chi connectivity index (χ1) is 12.9. The quantitative estimate of drug-likeness (QED) is 0.675. The number of nitrogens with one attached hydrogen (secondary N) is 1. The summed E-state index contributed by atoms with van der Waals surface area (Å²) in [6.07, 6.45) is 5.25. The molecule has 0 aliphatic heterocycles. The maximum absolute atomic E-state index is 13.0. The largest absolute Gasteiger partial charge is 0.310 e. The summed E-state index contributed by atoms with van der Waals surface area (Å²) in [5.74, 6) is 0.841. The Balaban J connectivity index is 1.72. The first-order valence-corrected chi connectivity index (χ1v) is 9.37. The van der Waals surface area contributed by atoms with Crippen molar-refractivity contribution in [3.63, 3.8) is 0 Å². The molecule has 1 aromatic carbocycles. The summed E-state index contributed by atoms with van der Waals surface area (Å²) in [4.78, 5) is 21.9. The maximum atomic E-state index is 13.0. The van der Waals surface area contributed by atoms with E-state index in [1.807, 2.05) is 50.4 Å². The van der Waals surface area contributed by atoms with Gasteiger partial charge in [-0.2, -0.15) is 0 Å². The van der Waals surface area contributed by atoms with Gasteiger partial charge in [-0.3, -0.25) is 9.20 Å². The molecule has 2 heterocycles. The summed E-state index contributed by atoms with van der Waals surface area (Å²) in [6.45, 7) is 4.06. The second-order valence-electron chi connectivity index (χ2n) is 7.24. The van der Waals surface area contributed by atoms with Crippen LogP contribution in [0.4, 0.5) is 5.82 Å². The number of allylic oxidation sites excluding steroid dienone is 1. The molecule has 1 aliphatic carbocycles. The van der Waals surface area contributed by atoms with E-state index in [1.54, 1.807) is 22.7 Å². The number of nitrogens with zero attached hydrogens (tertiary/aromatic N) is 3. The van der Waals surface area contributed by atoms with Crippen molar-refractivity contribution in [3.8, 4) is 11.3 Å². The van der Waals surface area contributed by atoms with Gasteiger partial charge in [-0.25, -0.2) is 9.97 Å². The summed E-state index contributed by atoms with van der Waals surface area (Å²) in [7, 11) is 0. The number of carbonyl (C=O) groups excluding carboxylic acids is 1. The lowest BCUT2D eigenvalue weighted by molar-refractivity contribution is -0.118. The van der Waals surface area contributed by atoms with Gasteiger partial charge >= 0.3 is 0 Å². The van der Waals surface area contributed by atoms with Gasteiger partial charge in [-0.15, -0.1) is 0 Å². The minimum absolute atomic E-state index is 0.0000131. The fraction of sp³-hybridized carbons (Fsp3) is 0.250. The van der Waals surface area contributed by atoms with Crippen molar-refractivity contribution in [2.45, 2.75) is 13.8 Å². The van der Waals surface area contributed by atoms with Crippen molar-refractivity contribution in [1.82, 2.24) is 14.4 Å². The standard InChI is InChI=1S/C20H18Cl2N4O/c1-20(2)13(11-14(21)22)15(20)18(27)25-17-16(12-7-4-3-5-8-12)24-19-23-9-6-10-26(17)19/h3-11,13,15H,1-2H3,(H,25,27)/t13-,15-/m1/s1. The molecule has 0 saturated heterocycles. The zero-order valence-electron chi connectivity index (χ0n) is 14.9. The summed E-state index contributed by atoms with van der Waals surface area (Å²) < 4.78 is 1.97. The lowest BCUT2D eigenvalue weighted by Gasteiger charge is -2.08. The van der Waals surface area contributed by atoms with Gasteiger partial charge in [0, 0.05) is 18.0 Å². The van der Waals surface area contributed by atoms with Crippen LogP contribution in [-0.2, 0) is 4.79 Å². The third-order valence-corrected chi connectivity index (χ3v) is 5.44. The van der Waals surface area contributed by atoms with Crippen molar-refractivity contribution in [2.24, 2.45) is 17.3 Å². The molecule has 0 spiro atoms. The van der Waals surface area contributed by atoms with Crippen LogP contribution in [0, 0.1) is 17.3 Å². The lowest BCUT2D eigenvalue weighted by atomic mass is 10.1. The predicted octanol–water partition coefficient (Wildman–Crippen LogP) is 4.93. The molecule has 4 rings (SSSR count). The van der Waals surface area contributed by atoms with Crippen molar-refractivity contribution >= 4 is 40.7 Å². The maximum Gasteiger partial charge on any atom is 0.235 e. The smallest absolute Gasteiger partial charge is 0.235 e. The number of carbonyl (C=O) groups is 1. The molecular formula is C20H18Cl2N4O. The Morgan fingerprint density at radius 1 is 1.22 bits per heavy atom. The van der Waals surface area contributed by atoms with Gasteiger partial charge in [0.2, 0.25) is 11.7 Å². The van der Waals surface area contributed by atoms with Crippen molar-refractivity contribution in [2.75, 3.05) is 5.32 Å². The number of anilines is 1. The van der Waals surface area contributed by atoms with E-state index >= 15 is 0 Å². The van der Waals surface area contributed by atoms with Crippen LogP contribution in [-0.4, -0.2) is 20.3 Å². The van der Waals surface area contributed by atoms with Crippen LogP contribution in [0.25, 0.3) is 17.0 Å². The topological polar surface area (TPSA) is 59.3 Å². The Morgan fingerprint density at radius 2 is 1.96 bits per heavy atom. The molecule has 1 N–H and O–H groups in total. The van der Waals surface area contributed by atoms with Crippen molar-refractivity contribution in [1.29, 1.82) is 0 Å². The van der Waals surface area contributed by atoms with Gasteiger partial charge in [0.05, 0.1) is 5.92 Å². The number of aromatic nitrogens is 3. The van der Waals surface area contributed by atoms with E-state index in [0.717, 1.165) is 5.56 Å². The highest BCUT2D eigenvalue weighted by atomic mass is 35.5. The third kappa shape index (κ3) is 3.22. The summed E-state index contributed by atoms with van der Waals surface area (Å²) in [5, 5.41) is 3.06. The van der Waals surface area contributed by atoms with Crippen LogP contribution < -0.4 is 5.32 Å². The molecule has 1 aliphatic rings. The van der Waals surface area contributed by atoms with Gasteiger partial charge in [-0.1, -0.05) is 67.4 Å². The number of halogens is 2. The highest BCUT2D eigenvalue weighted by molar-refractivity contribution is 6.55. The SMILES string of the molecule is CC1(C)[C@H](C=C(Cl)Cl)[C@@H]1C(=O)Nc1c(-c2ccccc2)nc2ncccn12. The molecule has 1 saturated carbocycles. The number of fused-ring (bicyclic) bond motifs is 1. The first kappa shape index (κ1) is 18.0. The Hall–Kier alpha value is -2.37. The van der Waals surface area contributed by atoms with Crippen LogP contribution in [0.1, 0.15) is 13.8 Å². The van der Waals surface area contributed by atoms with Crippen LogP contribution in [0.3, 0.4) is 0 Å². The minimum Gasteiger partial charge on any atom is -0.310 e. The Labute approximate surface area is 167 Å². The van der Waals surface area contributed by atoms with E-state index in [0.29, 0.717) is 17.3 Å². The Kier molecular flexibility index (Phi) is 4.44. The zero-order chi connectivity index (χ0) is 19.2. The third-order valence-electron chi connectivity index (χ3n) is 5.19. The second kappa shape index (κ2) is 6.66.